The Bertz CT molecular complexity index is 379. The fourth-order valence-electron chi connectivity index (χ4n) is 1.23. The lowest BCUT2D eigenvalue weighted by molar-refractivity contribution is 0.365. The van der Waals surface area contributed by atoms with E-state index in [4.69, 9.17) is 16.3 Å². The number of halogens is 1. The van der Waals surface area contributed by atoms with Crippen molar-refractivity contribution in [2.75, 3.05) is 13.7 Å². The molecule has 0 amide bonds. The molecule has 1 rings (SSSR count). The van der Waals surface area contributed by atoms with Crippen molar-refractivity contribution in [1.82, 2.24) is 5.32 Å². The lowest BCUT2D eigenvalue weighted by Crippen LogP contribution is -2.08. The van der Waals surface area contributed by atoms with E-state index in [-0.39, 0.29) is 0 Å². The highest BCUT2D eigenvalue weighted by molar-refractivity contribution is 6.32. The van der Waals surface area contributed by atoms with Gasteiger partial charge in [0.1, 0.15) is 12.4 Å². The Balaban J connectivity index is 2.84. The molecule has 0 aliphatic heterocycles. The van der Waals surface area contributed by atoms with Crippen LogP contribution in [0.2, 0.25) is 5.02 Å². The van der Waals surface area contributed by atoms with Crippen LogP contribution in [0.3, 0.4) is 0 Å². The number of para-hydroxylation sites is 1. The van der Waals surface area contributed by atoms with Crippen molar-refractivity contribution in [3.8, 4) is 17.6 Å². The predicted octanol–water partition coefficient (Wildman–Crippen LogP) is 2.46. The van der Waals surface area contributed by atoms with Crippen molar-refractivity contribution in [1.29, 1.82) is 0 Å². The Morgan fingerprint density at radius 3 is 2.93 bits per heavy atom. The summed E-state index contributed by atoms with van der Waals surface area (Å²) in [5, 5.41) is 3.69. The van der Waals surface area contributed by atoms with E-state index >= 15 is 0 Å². The monoisotopic (exact) mass is 223 g/mol. The average molecular weight is 224 g/mol. The third-order valence-electron chi connectivity index (χ3n) is 1.88. The van der Waals surface area contributed by atoms with E-state index in [9.17, 15) is 0 Å². The highest BCUT2D eigenvalue weighted by Crippen LogP contribution is 2.28. The zero-order valence-electron chi connectivity index (χ0n) is 8.93. The molecule has 0 aliphatic carbocycles. The first kappa shape index (κ1) is 11.9. The van der Waals surface area contributed by atoms with Crippen LogP contribution in [0.25, 0.3) is 0 Å². The van der Waals surface area contributed by atoms with E-state index in [1.807, 2.05) is 25.2 Å². The lowest BCUT2D eigenvalue weighted by atomic mass is 10.2. The number of hydrogen-bond acceptors (Lipinski definition) is 2. The van der Waals surface area contributed by atoms with Crippen molar-refractivity contribution >= 4 is 11.6 Å². The van der Waals surface area contributed by atoms with E-state index in [2.05, 4.69) is 17.2 Å². The minimum atomic E-state index is 0.372. The van der Waals surface area contributed by atoms with Gasteiger partial charge in [0.15, 0.2) is 0 Å². The zero-order valence-corrected chi connectivity index (χ0v) is 9.69. The molecule has 0 heterocycles. The topological polar surface area (TPSA) is 21.3 Å². The molecule has 0 saturated heterocycles. The molecule has 0 fully saturated rings. The van der Waals surface area contributed by atoms with Crippen molar-refractivity contribution in [2.24, 2.45) is 0 Å². The van der Waals surface area contributed by atoms with Crippen molar-refractivity contribution in [2.45, 2.75) is 13.5 Å². The van der Waals surface area contributed by atoms with Gasteiger partial charge in [-0.15, -0.1) is 5.92 Å². The lowest BCUT2D eigenvalue weighted by Gasteiger charge is -2.10. The maximum atomic E-state index is 6.04. The van der Waals surface area contributed by atoms with Gasteiger partial charge in [-0.05, 0) is 20.0 Å². The third kappa shape index (κ3) is 3.47. The van der Waals surface area contributed by atoms with Crippen LogP contribution in [0, 0.1) is 11.8 Å². The molecule has 0 saturated carbocycles. The molecule has 0 unspecified atom stereocenters. The van der Waals surface area contributed by atoms with Crippen LogP contribution in [0.1, 0.15) is 12.5 Å². The van der Waals surface area contributed by atoms with Gasteiger partial charge in [0, 0.05) is 12.1 Å². The molecule has 0 radical (unpaired) electrons. The SMILES string of the molecule is CC#CCOc1c(Cl)cccc1CNC. The van der Waals surface area contributed by atoms with E-state index in [1.54, 1.807) is 6.92 Å². The first-order valence-electron chi connectivity index (χ1n) is 4.74. The quantitative estimate of drug-likeness (QED) is 0.792. The fraction of sp³-hybridized carbons (Fsp3) is 0.333. The number of benzene rings is 1. The highest BCUT2D eigenvalue weighted by Gasteiger charge is 2.06. The Labute approximate surface area is 95.6 Å². The second kappa shape index (κ2) is 6.34. The molecule has 3 heteroatoms. The summed E-state index contributed by atoms with van der Waals surface area (Å²) in [5.74, 6) is 6.34. The molecular weight excluding hydrogens is 210 g/mol. The predicted molar refractivity (Wildman–Crippen MR) is 63.2 cm³/mol. The van der Waals surface area contributed by atoms with Gasteiger partial charge >= 0.3 is 0 Å². The Morgan fingerprint density at radius 1 is 1.47 bits per heavy atom. The maximum absolute atomic E-state index is 6.04. The molecule has 80 valence electrons. The normalized spacial score (nSPS) is 9.27. The minimum absolute atomic E-state index is 0.372. The summed E-state index contributed by atoms with van der Waals surface area (Å²) in [4.78, 5) is 0. The first-order valence-corrected chi connectivity index (χ1v) is 5.11. The molecule has 2 nitrogen and oxygen atoms in total. The molecule has 0 aromatic heterocycles. The molecular formula is C12H14ClNO. The summed E-state index contributed by atoms with van der Waals surface area (Å²) in [6.45, 7) is 2.89. The van der Waals surface area contributed by atoms with Gasteiger partial charge in [0.2, 0.25) is 0 Å². The number of nitrogens with one attached hydrogen (secondary N) is 1. The van der Waals surface area contributed by atoms with Crippen molar-refractivity contribution < 1.29 is 4.74 Å². The van der Waals surface area contributed by atoms with E-state index in [1.165, 1.54) is 0 Å². The molecule has 0 spiro atoms. The van der Waals surface area contributed by atoms with E-state index in [0.29, 0.717) is 11.6 Å². The third-order valence-corrected chi connectivity index (χ3v) is 2.18. The van der Waals surface area contributed by atoms with Crippen LogP contribution in [0.5, 0.6) is 5.75 Å². The smallest absolute Gasteiger partial charge is 0.149 e. The Hall–Kier alpha value is -1.17. The molecule has 0 aliphatic rings. The van der Waals surface area contributed by atoms with Gasteiger partial charge in [-0.2, -0.15) is 0 Å². The van der Waals surface area contributed by atoms with Gasteiger partial charge in [0.25, 0.3) is 0 Å². The number of ether oxygens (including phenoxy) is 1. The molecule has 0 bridgehead atoms. The maximum Gasteiger partial charge on any atom is 0.149 e. The van der Waals surface area contributed by atoms with Crippen LogP contribution in [-0.4, -0.2) is 13.7 Å². The largest absolute Gasteiger partial charge is 0.479 e. The summed E-state index contributed by atoms with van der Waals surface area (Å²) in [6, 6.07) is 5.71. The van der Waals surface area contributed by atoms with E-state index in [0.717, 1.165) is 17.9 Å². The first-order chi connectivity index (χ1) is 7.29. The van der Waals surface area contributed by atoms with Crippen LogP contribution in [0.4, 0.5) is 0 Å². The molecule has 1 aromatic rings. The van der Waals surface area contributed by atoms with Crippen LogP contribution in [0.15, 0.2) is 18.2 Å². The molecule has 15 heavy (non-hydrogen) atoms. The minimum Gasteiger partial charge on any atom is -0.479 e. The zero-order chi connectivity index (χ0) is 11.1. The molecule has 0 atom stereocenters. The summed E-state index contributed by atoms with van der Waals surface area (Å²) in [6.07, 6.45) is 0. The summed E-state index contributed by atoms with van der Waals surface area (Å²) in [5.41, 5.74) is 1.04. The van der Waals surface area contributed by atoms with Gasteiger partial charge in [-0.1, -0.05) is 29.7 Å². The Kier molecular flexibility index (Phi) is 5.03. The summed E-state index contributed by atoms with van der Waals surface area (Å²) >= 11 is 6.04. The number of rotatable bonds is 4. The second-order valence-electron chi connectivity index (χ2n) is 2.97. The molecule has 1 N–H and O–H groups in total. The van der Waals surface area contributed by atoms with Crippen molar-refractivity contribution in [3.63, 3.8) is 0 Å². The number of hydrogen-bond donors (Lipinski definition) is 1. The van der Waals surface area contributed by atoms with Gasteiger partial charge in [-0.3, -0.25) is 0 Å². The van der Waals surface area contributed by atoms with Crippen molar-refractivity contribution in [3.05, 3.63) is 28.8 Å². The average Bonchev–Trinajstić information content (AvgIpc) is 2.23. The van der Waals surface area contributed by atoms with Gasteiger partial charge in [-0.25, -0.2) is 0 Å². The van der Waals surface area contributed by atoms with Gasteiger partial charge in [0.05, 0.1) is 5.02 Å². The second-order valence-corrected chi connectivity index (χ2v) is 3.38. The van der Waals surface area contributed by atoms with E-state index < -0.39 is 0 Å². The van der Waals surface area contributed by atoms with Gasteiger partial charge < -0.3 is 10.1 Å². The standard InChI is InChI=1S/C12H14ClNO/c1-3-4-8-15-12-10(9-14-2)6-5-7-11(12)13/h5-7,14H,8-9H2,1-2H3. The van der Waals surface area contributed by atoms with Crippen LogP contribution in [-0.2, 0) is 6.54 Å². The highest BCUT2D eigenvalue weighted by atomic mass is 35.5. The Morgan fingerprint density at radius 2 is 2.27 bits per heavy atom. The summed E-state index contributed by atoms with van der Waals surface area (Å²) < 4.78 is 5.52. The summed E-state index contributed by atoms with van der Waals surface area (Å²) in [7, 11) is 1.89. The van der Waals surface area contributed by atoms with Crippen LogP contribution < -0.4 is 10.1 Å². The molecule has 1 aromatic carbocycles. The fourth-order valence-corrected chi connectivity index (χ4v) is 1.47. The van der Waals surface area contributed by atoms with Crippen LogP contribution >= 0.6 is 11.6 Å².